The molecule has 2 rings (SSSR count). The number of hydrogen-bond acceptors (Lipinski definition) is 4. The summed E-state index contributed by atoms with van der Waals surface area (Å²) in [4.78, 5) is 12.3. The first-order valence-corrected chi connectivity index (χ1v) is 9.78. The van der Waals surface area contributed by atoms with Crippen molar-refractivity contribution < 1.29 is 17.9 Å². The average Bonchev–Trinajstić information content (AvgIpc) is 2.64. The summed E-state index contributed by atoms with van der Waals surface area (Å²) in [5, 5.41) is 2.71. The van der Waals surface area contributed by atoms with Gasteiger partial charge in [0.2, 0.25) is 10.0 Å². The van der Waals surface area contributed by atoms with Crippen molar-refractivity contribution in [2.75, 3.05) is 20.7 Å². The maximum Gasteiger partial charge on any atom is 0.258 e. The molecular weight excluding hydrogens is 352 g/mol. The molecule has 0 aliphatic rings. The van der Waals surface area contributed by atoms with E-state index >= 15 is 0 Å². The van der Waals surface area contributed by atoms with Crippen LogP contribution in [0.25, 0.3) is 0 Å². The Morgan fingerprint density at radius 3 is 2.31 bits per heavy atom. The van der Waals surface area contributed by atoms with Crippen LogP contribution in [0.3, 0.4) is 0 Å². The zero-order valence-electron chi connectivity index (χ0n) is 15.2. The molecule has 0 saturated carbocycles. The predicted octanol–water partition coefficient (Wildman–Crippen LogP) is 2.19. The maximum absolute atomic E-state index is 12.4. The summed E-state index contributed by atoms with van der Waals surface area (Å²) in [6.45, 7) is 2.00. The highest BCUT2D eigenvalue weighted by Gasteiger charge is 2.20. The molecule has 0 spiro atoms. The van der Waals surface area contributed by atoms with Crippen LogP contribution in [0.2, 0.25) is 0 Å². The number of rotatable bonds is 8. The molecular formula is C19H24N2O4S. The lowest BCUT2D eigenvalue weighted by atomic mass is 10.1. The van der Waals surface area contributed by atoms with Gasteiger partial charge >= 0.3 is 0 Å². The van der Waals surface area contributed by atoms with E-state index in [1.54, 1.807) is 18.2 Å². The quantitative estimate of drug-likeness (QED) is 0.766. The van der Waals surface area contributed by atoms with Gasteiger partial charge in [0, 0.05) is 20.6 Å². The highest BCUT2D eigenvalue weighted by Crippen LogP contribution is 2.19. The molecule has 0 bridgehead atoms. The van der Waals surface area contributed by atoms with Gasteiger partial charge in [0.15, 0.2) is 6.61 Å². The van der Waals surface area contributed by atoms with Crippen LogP contribution in [0.4, 0.5) is 0 Å². The topological polar surface area (TPSA) is 75.7 Å². The second kappa shape index (κ2) is 8.82. The monoisotopic (exact) mass is 376 g/mol. The van der Waals surface area contributed by atoms with E-state index in [1.807, 2.05) is 31.2 Å². The van der Waals surface area contributed by atoms with Crippen LogP contribution in [-0.2, 0) is 27.8 Å². The number of aryl methyl sites for hydroxylation is 1. The van der Waals surface area contributed by atoms with Gasteiger partial charge in [-0.05, 0) is 29.7 Å². The normalized spacial score (nSPS) is 11.4. The lowest BCUT2D eigenvalue weighted by Gasteiger charge is -2.15. The van der Waals surface area contributed by atoms with Gasteiger partial charge in [-0.15, -0.1) is 0 Å². The van der Waals surface area contributed by atoms with Crippen LogP contribution in [0, 0.1) is 0 Å². The number of hydrogen-bond donors (Lipinski definition) is 1. The third-order valence-corrected chi connectivity index (χ3v) is 5.84. The number of para-hydroxylation sites is 1. The van der Waals surface area contributed by atoms with E-state index in [4.69, 9.17) is 4.74 Å². The van der Waals surface area contributed by atoms with Gasteiger partial charge in [0.05, 0.1) is 4.90 Å². The molecule has 1 N–H and O–H groups in total. The van der Waals surface area contributed by atoms with Crippen LogP contribution in [-0.4, -0.2) is 39.3 Å². The van der Waals surface area contributed by atoms with Gasteiger partial charge in [-0.1, -0.05) is 43.3 Å². The smallest absolute Gasteiger partial charge is 0.258 e. The number of nitrogens with zero attached hydrogens (tertiary/aromatic N) is 1. The molecule has 140 valence electrons. The molecule has 0 aliphatic heterocycles. The molecule has 0 saturated heterocycles. The largest absolute Gasteiger partial charge is 0.483 e. The lowest BCUT2D eigenvalue weighted by molar-refractivity contribution is -0.123. The molecule has 26 heavy (non-hydrogen) atoms. The maximum atomic E-state index is 12.4. The SMILES string of the molecule is CCc1ccccc1OCC(=O)NCc1ccccc1S(=O)(=O)N(C)C. The van der Waals surface area contributed by atoms with E-state index in [2.05, 4.69) is 5.32 Å². The summed E-state index contributed by atoms with van der Waals surface area (Å²) in [5.74, 6) is 0.369. The molecule has 0 radical (unpaired) electrons. The molecule has 0 unspecified atom stereocenters. The highest BCUT2D eigenvalue weighted by molar-refractivity contribution is 7.89. The molecule has 0 fully saturated rings. The minimum absolute atomic E-state index is 0.112. The van der Waals surface area contributed by atoms with Crippen molar-refractivity contribution in [2.45, 2.75) is 24.8 Å². The minimum atomic E-state index is -3.57. The van der Waals surface area contributed by atoms with Crippen molar-refractivity contribution in [3.05, 3.63) is 59.7 Å². The summed E-state index contributed by atoms with van der Waals surface area (Å²) in [6.07, 6.45) is 0.813. The van der Waals surface area contributed by atoms with Crippen LogP contribution < -0.4 is 10.1 Å². The third-order valence-electron chi connectivity index (χ3n) is 3.92. The molecule has 0 aliphatic carbocycles. The zero-order valence-corrected chi connectivity index (χ0v) is 16.0. The first-order valence-electron chi connectivity index (χ1n) is 8.34. The average molecular weight is 376 g/mol. The molecule has 7 heteroatoms. The second-order valence-electron chi connectivity index (χ2n) is 5.92. The summed E-state index contributed by atoms with van der Waals surface area (Å²) < 4.78 is 31.5. The molecule has 2 aromatic carbocycles. The fraction of sp³-hybridized carbons (Fsp3) is 0.316. The number of carbonyl (C=O) groups is 1. The summed E-state index contributed by atoms with van der Waals surface area (Å²) in [5.41, 5.74) is 1.56. The number of amides is 1. The van der Waals surface area contributed by atoms with Crippen molar-refractivity contribution in [3.63, 3.8) is 0 Å². The second-order valence-corrected chi connectivity index (χ2v) is 8.04. The van der Waals surface area contributed by atoms with Crippen molar-refractivity contribution >= 4 is 15.9 Å². The molecule has 2 aromatic rings. The Hall–Kier alpha value is -2.38. The van der Waals surface area contributed by atoms with Crippen LogP contribution in [0.1, 0.15) is 18.1 Å². The predicted molar refractivity (Wildman–Crippen MR) is 100 cm³/mol. The van der Waals surface area contributed by atoms with E-state index in [1.165, 1.54) is 20.2 Å². The molecule has 0 heterocycles. The Morgan fingerprint density at radius 2 is 1.65 bits per heavy atom. The van der Waals surface area contributed by atoms with Crippen LogP contribution >= 0.6 is 0 Å². The summed E-state index contributed by atoms with van der Waals surface area (Å²) >= 11 is 0. The number of benzene rings is 2. The fourth-order valence-electron chi connectivity index (χ4n) is 2.42. The Labute approximate surface area is 154 Å². The molecule has 6 nitrogen and oxygen atoms in total. The first kappa shape index (κ1) is 19.9. The summed E-state index contributed by atoms with van der Waals surface area (Å²) in [7, 11) is -0.617. The van der Waals surface area contributed by atoms with Gasteiger partial charge in [0.1, 0.15) is 5.75 Å². The van der Waals surface area contributed by atoms with E-state index in [9.17, 15) is 13.2 Å². The van der Waals surface area contributed by atoms with Crippen LogP contribution in [0.5, 0.6) is 5.75 Å². The van der Waals surface area contributed by atoms with E-state index in [-0.39, 0.29) is 24.0 Å². The standard InChI is InChI=1S/C19H24N2O4S/c1-4-15-9-5-7-11-17(15)25-14-19(22)20-13-16-10-6-8-12-18(16)26(23,24)21(2)3/h5-12H,4,13-14H2,1-3H3,(H,20,22). The Morgan fingerprint density at radius 1 is 1.04 bits per heavy atom. The molecule has 0 aromatic heterocycles. The number of nitrogens with one attached hydrogen (secondary N) is 1. The van der Waals surface area contributed by atoms with Gasteiger partial charge in [-0.2, -0.15) is 0 Å². The van der Waals surface area contributed by atoms with Gasteiger partial charge in [-0.25, -0.2) is 12.7 Å². The van der Waals surface area contributed by atoms with E-state index in [0.29, 0.717) is 11.3 Å². The number of sulfonamides is 1. The van der Waals surface area contributed by atoms with Crippen molar-refractivity contribution in [1.82, 2.24) is 9.62 Å². The van der Waals surface area contributed by atoms with Gasteiger partial charge in [0.25, 0.3) is 5.91 Å². The van der Waals surface area contributed by atoms with E-state index in [0.717, 1.165) is 16.3 Å². The lowest BCUT2D eigenvalue weighted by Crippen LogP contribution is -2.30. The Kier molecular flexibility index (Phi) is 6.76. The van der Waals surface area contributed by atoms with Gasteiger partial charge < -0.3 is 10.1 Å². The molecule has 1 amide bonds. The fourth-order valence-corrected chi connectivity index (χ4v) is 3.54. The van der Waals surface area contributed by atoms with Gasteiger partial charge in [-0.3, -0.25) is 4.79 Å². The zero-order chi connectivity index (χ0) is 19.2. The van der Waals surface area contributed by atoms with Crippen molar-refractivity contribution in [1.29, 1.82) is 0 Å². The first-order chi connectivity index (χ1) is 12.4. The minimum Gasteiger partial charge on any atom is -0.483 e. The molecule has 0 atom stereocenters. The third kappa shape index (κ3) is 4.83. The Balaban J connectivity index is 2.00. The highest BCUT2D eigenvalue weighted by atomic mass is 32.2. The van der Waals surface area contributed by atoms with Crippen molar-refractivity contribution in [2.24, 2.45) is 0 Å². The number of ether oxygens (including phenoxy) is 1. The summed E-state index contributed by atoms with van der Waals surface area (Å²) in [6, 6.07) is 14.2. The van der Waals surface area contributed by atoms with E-state index < -0.39 is 10.0 Å². The van der Waals surface area contributed by atoms with Crippen LogP contribution in [0.15, 0.2) is 53.4 Å². The number of carbonyl (C=O) groups excluding carboxylic acids is 1. The Bertz CT molecular complexity index is 863. The van der Waals surface area contributed by atoms with Crippen molar-refractivity contribution in [3.8, 4) is 5.75 Å².